The standard InChI is InChI=1S/C21H21BrN4O5/c1-26(2)20(28)13-7-5-6-8-16(13)31-19-14(22)11-23-21(25-19)24-12-9-15(27)18(30-4)17(10-12)29-3/h5-11,27H,1-4H3,(H,23,24,25). The Morgan fingerprint density at radius 2 is 1.87 bits per heavy atom. The third-order valence-electron chi connectivity index (χ3n) is 4.16. The molecule has 1 amide bonds. The molecule has 2 aromatic carbocycles. The average Bonchev–Trinajstić information content (AvgIpc) is 2.75. The maximum atomic E-state index is 12.4. The summed E-state index contributed by atoms with van der Waals surface area (Å²) in [5, 5.41) is 13.1. The Bertz CT molecular complexity index is 1110. The van der Waals surface area contributed by atoms with Crippen LogP contribution in [0, 0.1) is 0 Å². The number of amides is 1. The van der Waals surface area contributed by atoms with Crippen molar-refractivity contribution in [2.45, 2.75) is 0 Å². The molecule has 1 aromatic heterocycles. The molecule has 9 nitrogen and oxygen atoms in total. The van der Waals surface area contributed by atoms with E-state index < -0.39 is 0 Å². The van der Waals surface area contributed by atoms with Gasteiger partial charge in [-0.3, -0.25) is 4.79 Å². The van der Waals surface area contributed by atoms with Gasteiger partial charge in [-0.15, -0.1) is 0 Å². The number of carbonyl (C=O) groups excluding carboxylic acids is 1. The predicted molar refractivity (Wildman–Crippen MR) is 119 cm³/mol. The summed E-state index contributed by atoms with van der Waals surface area (Å²) < 4.78 is 16.8. The van der Waals surface area contributed by atoms with Crippen molar-refractivity contribution in [1.82, 2.24) is 14.9 Å². The second-order valence-electron chi connectivity index (χ2n) is 6.50. The lowest BCUT2D eigenvalue weighted by Crippen LogP contribution is -2.22. The van der Waals surface area contributed by atoms with Gasteiger partial charge in [0.05, 0.1) is 30.5 Å². The number of para-hydroxylation sites is 1. The SMILES string of the molecule is COc1cc(Nc2ncc(Br)c(Oc3ccccc3C(=O)N(C)C)n2)cc(O)c1OC. The second kappa shape index (κ2) is 9.52. The number of nitrogens with one attached hydrogen (secondary N) is 1. The van der Waals surface area contributed by atoms with E-state index in [0.717, 1.165) is 0 Å². The zero-order chi connectivity index (χ0) is 22.5. The van der Waals surface area contributed by atoms with Crippen LogP contribution in [-0.4, -0.2) is 54.2 Å². The highest BCUT2D eigenvalue weighted by molar-refractivity contribution is 9.10. The number of halogens is 1. The van der Waals surface area contributed by atoms with Gasteiger partial charge in [-0.1, -0.05) is 12.1 Å². The number of phenols is 1. The van der Waals surface area contributed by atoms with Crippen molar-refractivity contribution in [2.24, 2.45) is 0 Å². The van der Waals surface area contributed by atoms with Crippen LogP contribution in [-0.2, 0) is 0 Å². The Kier molecular flexibility index (Phi) is 6.81. The van der Waals surface area contributed by atoms with Crippen molar-refractivity contribution >= 4 is 33.5 Å². The van der Waals surface area contributed by atoms with Crippen molar-refractivity contribution in [3.63, 3.8) is 0 Å². The molecule has 0 spiro atoms. The fourth-order valence-corrected chi connectivity index (χ4v) is 2.98. The Hall–Kier alpha value is -3.53. The van der Waals surface area contributed by atoms with Gasteiger partial charge in [0, 0.05) is 31.9 Å². The third kappa shape index (κ3) is 4.97. The molecule has 0 fully saturated rings. The van der Waals surface area contributed by atoms with E-state index in [1.807, 2.05) is 0 Å². The van der Waals surface area contributed by atoms with Crippen LogP contribution in [0.5, 0.6) is 28.9 Å². The number of hydrogen-bond acceptors (Lipinski definition) is 8. The van der Waals surface area contributed by atoms with Crippen molar-refractivity contribution in [2.75, 3.05) is 33.6 Å². The number of aromatic hydroxyl groups is 1. The molecular formula is C21H21BrN4O5. The van der Waals surface area contributed by atoms with Crippen molar-refractivity contribution in [3.05, 3.63) is 52.6 Å². The molecule has 1 heterocycles. The van der Waals surface area contributed by atoms with E-state index in [0.29, 0.717) is 27.2 Å². The number of rotatable bonds is 7. The third-order valence-corrected chi connectivity index (χ3v) is 4.70. The molecule has 0 aliphatic rings. The van der Waals surface area contributed by atoms with Gasteiger partial charge < -0.3 is 29.5 Å². The number of hydrogen-bond donors (Lipinski definition) is 2. The second-order valence-corrected chi connectivity index (χ2v) is 7.35. The first-order chi connectivity index (χ1) is 14.8. The number of phenolic OH excluding ortho intramolecular Hbond substituents is 1. The fraction of sp³-hybridized carbons (Fsp3) is 0.190. The lowest BCUT2D eigenvalue weighted by Gasteiger charge is -2.15. The van der Waals surface area contributed by atoms with Gasteiger partial charge in [0.2, 0.25) is 17.6 Å². The average molecular weight is 489 g/mol. The van der Waals surface area contributed by atoms with Crippen LogP contribution in [0.4, 0.5) is 11.6 Å². The first-order valence-corrected chi connectivity index (χ1v) is 9.86. The Morgan fingerprint density at radius 3 is 2.55 bits per heavy atom. The molecule has 3 aromatic rings. The normalized spacial score (nSPS) is 10.4. The van der Waals surface area contributed by atoms with E-state index >= 15 is 0 Å². The van der Waals surface area contributed by atoms with E-state index in [-0.39, 0.29) is 29.2 Å². The summed E-state index contributed by atoms with van der Waals surface area (Å²) in [6.07, 6.45) is 1.52. The summed E-state index contributed by atoms with van der Waals surface area (Å²) in [5.74, 6) is 1.04. The van der Waals surface area contributed by atoms with Crippen molar-refractivity contribution in [1.29, 1.82) is 0 Å². The topological polar surface area (TPSA) is 106 Å². The number of methoxy groups -OCH3 is 2. The van der Waals surface area contributed by atoms with E-state index in [4.69, 9.17) is 14.2 Å². The van der Waals surface area contributed by atoms with Crippen LogP contribution in [0.25, 0.3) is 0 Å². The number of anilines is 2. The first kappa shape index (κ1) is 22.2. The highest BCUT2D eigenvalue weighted by Crippen LogP contribution is 2.40. The molecule has 10 heteroatoms. The molecule has 0 saturated carbocycles. The van der Waals surface area contributed by atoms with Crippen LogP contribution in [0.15, 0.2) is 47.1 Å². The van der Waals surface area contributed by atoms with Gasteiger partial charge in [-0.2, -0.15) is 4.98 Å². The summed E-state index contributed by atoms with van der Waals surface area (Å²) in [6.45, 7) is 0. The van der Waals surface area contributed by atoms with Gasteiger partial charge in [-0.05, 0) is 28.1 Å². The molecule has 0 atom stereocenters. The van der Waals surface area contributed by atoms with Gasteiger partial charge in [0.15, 0.2) is 11.5 Å². The number of carbonyl (C=O) groups is 1. The Morgan fingerprint density at radius 1 is 1.13 bits per heavy atom. The maximum Gasteiger partial charge on any atom is 0.257 e. The molecule has 0 bridgehead atoms. The highest BCUT2D eigenvalue weighted by Gasteiger charge is 2.17. The maximum absolute atomic E-state index is 12.4. The largest absolute Gasteiger partial charge is 0.504 e. The molecule has 0 aliphatic carbocycles. The summed E-state index contributed by atoms with van der Waals surface area (Å²) in [5.41, 5.74) is 0.879. The number of aromatic nitrogens is 2. The fourth-order valence-electron chi connectivity index (χ4n) is 2.71. The van der Waals surface area contributed by atoms with Crippen molar-refractivity contribution < 1.29 is 24.1 Å². The quantitative estimate of drug-likeness (QED) is 0.509. The zero-order valence-electron chi connectivity index (χ0n) is 17.3. The van der Waals surface area contributed by atoms with Crippen LogP contribution >= 0.6 is 15.9 Å². The monoisotopic (exact) mass is 488 g/mol. The minimum Gasteiger partial charge on any atom is -0.504 e. The van der Waals surface area contributed by atoms with Gasteiger partial charge >= 0.3 is 0 Å². The molecule has 0 radical (unpaired) electrons. The summed E-state index contributed by atoms with van der Waals surface area (Å²) in [6, 6.07) is 9.98. The summed E-state index contributed by atoms with van der Waals surface area (Å²) >= 11 is 3.37. The molecule has 162 valence electrons. The van der Waals surface area contributed by atoms with Gasteiger partial charge in [0.25, 0.3) is 5.91 Å². The minimum atomic E-state index is -0.195. The summed E-state index contributed by atoms with van der Waals surface area (Å²) in [7, 11) is 6.24. The lowest BCUT2D eigenvalue weighted by molar-refractivity contribution is 0.0825. The van der Waals surface area contributed by atoms with E-state index in [1.54, 1.807) is 44.4 Å². The minimum absolute atomic E-state index is 0.103. The molecule has 31 heavy (non-hydrogen) atoms. The van der Waals surface area contributed by atoms with Crippen LogP contribution in [0.3, 0.4) is 0 Å². The molecule has 2 N–H and O–H groups in total. The predicted octanol–water partition coefficient (Wildman–Crippen LogP) is 4.20. The zero-order valence-corrected chi connectivity index (χ0v) is 18.9. The Balaban J connectivity index is 1.91. The van der Waals surface area contributed by atoms with Crippen LogP contribution in [0.2, 0.25) is 0 Å². The van der Waals surface area contributed by atoms with E-state index in [9.17, 15) is 9.90 Å². The van der Waals surface area contributed by atoms with Crippen LogP contribution in [0.1, 0.15) is 10.4 Å². The van der Waals surface area contributed by atoms with E-state index in [1.165, 1.54) is 31.4 Å². The number of benzene rings is 2. The van der Waals surface area contributed by atoms with Crippen LogP contribution < -0.4 is 19.5 Å². The van der Waals surface area contributed by atoms with Gasteiger partial charge in [-0.25, -0.2) is 4.98 Å². The number of nitrogens with zero attached hydrogens (tertiary/aromatic N) is 3. The molecule has 0 aliphatic heterocycles. The van der Waals surface area contributed by atoms with Gasteiger partial charge in [0.1, 0.15) is 5.75 Å². The van der Waals surface area contributed by atoms with Crippen molar-refractivity contribution in [3.8, 4) is 28.9 Å². The Labute approximate surface area is 187 Å². The summed E-state index contributed by atoms with van der Waals surface area (Å²) in [4.78, 5) is 22.5. The molecule has 3 rings (SSSR count). The smallest absolute Gasteiger partial charge is 0.257 e. The first-order valence-electron chi connectivity index (χ1n) is 9.07. The number of ether oxygens (including phenoxy) is 3. The molecule has 0 saturated heterocycles. The highest BCUT2D eigenvalue weighted by atomic mass is 79.9. The lowest BCUT2D eigenvalue weighted by atomic mass is 10.2. The molecular weight excluding hydrogens is 468 g/mol. The van der Waals surface area contributed by atoms with E-state index in [2.05, 4.69) is 31.2 Å². The molecule has 0 unspecified atom stereocenters.